The van der Waals surface area contributed by atoms with Gasteiger partial charge in [0.25, 0.3) is 5.91 Å². The number of anilines is 1. The average molecular weight is 304 g/mol. The lowest BCUT2D eigenvalue weighted by molar-refractivity contribution is -0.130. The number of para-hydroxylation sites is 1. The quantitative estimate of drug-likeness (QED) is 0.873. The fourth-order valence-electron chi connectivity index (χ4n) is 3.02. The standard InChI is InChI=1S/C16H20N2O2S/c1-16(11-7-8-11)15(20)18(10-9-14(19)17-16)12-5-3-4-6-13(12)21-2/h3-6,11H,7-10H2,1-2H3,(H,17,19). The minimum absolute atomic E-state index is 0.0253. The summed E-state index contributed by atoms with van der Waals surface area (Å²) in [5.41, 5.74) is 0.164. The van der Waals surface area contributed by atoms with E-state index in [1.54, 1.807) is 16.7 Å². The third kappa shape index (κ3) is 2.55. The van der Waals surface area contributed by atoms with Crippen LogP contribution >= 0.6 is 11.8 Å². The molecule has 0 bridgehead atoms. The van der Waals surface area contributed by atoms with Crippen LogP contribution in [-0.4, -0.2) is 30.2 Å². The van der Waals surface area contributed by atoms with E-state index in [9.17, 15) is 9.59 Å². The van der Waals surface area contributed by atoms with Crippen molar-refractivity contribution in [2.24, 2.45) is 5.92 Å². The predicted molar refractivity (Wildman–Crippen MR) is 84.5 cm³/mol. The third-order valence-corrected chi connectivity index (χ3v) is 5.21. The Morgan fingerprint density at radius 1 is 1.29 bits per heavy atom. The van der Waals surface area contributed by atoms with Gasteiger partial charge in [0.05, 0.1) is 5.69 Å². The first-order chi connectivity index (χ1) is 10.1. The van der Waals surface area contributed by atoms with Crippen LogP contribution in [0.5, 0.6) is 0 Å². The van der Waals surface area contributed by atoms with Gasteiger partial charge in [-0.1, -0.05) is 12.1 Å². The van der Waals surface area contributed by atoms with Crippen molar-refractivity contribution in [3.8, 4) is 0 Å². The zero-order chi connectivity index (χ0) is 15.0. The molecule has 2 fully saturated rings. The number of benzene rings is 1. The van der Waals surface area contributed by atoms with Gasteiger partial charge in [0, 0.05) is 17.9 Å². The summed E-state index contributed by atoms with van der Waals surface area (Å²) in [5.74, 6) is 0.273. The second-order valence-electron chi connectivity index (χ2n) is 5.90. The number of nitrogens with zero attached hydrogens (tertiary/aromatic N) is 1. The van der Waals surface area contributed by atoms with Gasteiger partial charge in [-0.3, -0.25) is 9.59 Å². The Hall–Kier alpha value is -1.49. The number of rotatable bonds is 3. The van der Waals surface area contributed by atoms with Gasteiger partial charge in [-0.25, -0.2) is 0 Å². The van der Waals surface area contributed by atoms with E-state index in [0.29, 0.717) is 13.0 Å². The first-order valence-corrected chi connectivity index (χ1v) is 8.54. The molecule has 1 heterocycles. The van der Waals surface area contributed by atoms with Gasteiger partial charge in [0.15, 0.2) is 0 Å². The number of carbonyl (C=O) groups is 2. The van der Waals surface area contributed by atoms with Crippen molar-refractivity contribution in [2.45, 2.75) is 36.6 Å². The molecule has 0 radical (unpaired) electrons. The van der Waals surface area contributed by atoms with Gasteiger partial charge >= 0.3 is 0 Å². The molecular formula is C16H20N2O2S. The molecule has 2 amide bonds. The van der Waals surface area contributed by atoms with Crippen LogP contribution in [0.4, 0.5) is 5.69 Å². The maximum atomic E-state index is 13.1. The van der Waals surface area contributed by atoms with Crippen molar-refractivity contribution < 1.29 is 9.59 Å². The Morgan fingerprint density at radius 2 is 2.00 bits per heavy atom. The summed E-state index contributed by atoms with van der Waals surface area (Å²) < 4.78 is 0. The van der Waals surface area contributed by atoms with Gasteiger partial charge in [-0.2, -0.15) is 0 Å². The van der Waals surface area contributed by atoms with E-state index >= 15 is 0 Å². The van der Waals surface area contributed by atoms with E-state index in [0.717, 1.165) is 23.4 Å². The molecule has 2 aliphatic rings. The molecule has 3 rings (SSSR count). The third-order valence-electron chi connectivity index (χ3n) is 4.42. The SMILES string of the molecule is CSc1ccccc1N1CCC(=O)NC(C)(C2CC2)C1=O. The normalized spacial score (nSPS) is 26.5. The molecule has 1 aliphatic heterocycles. The first-order valence-electron chi connectivity index (χ1n) is 7.32. The molecule has 1 saturated carbocycles. The van der Waals surface area contributed by atoms with Crippen LogP contribution < -0.4 is 10.2 Å². The van der Waals surface area contributed by atoms with Crippen molar-refractivity contribution in [1.82, 2.24) is 5.32 Å². The number of nitrogens with one attached hydrogen (secondary N) is 1. The van der Waals surface area contributed by atoms with Crippen molar-refractivity contribution in [3.05, 3.63) is 24.3 Å². The second kappa shape index (κ2) is 5.37. The van der Waals surface area contributed by atoms with E-state index in [-0.39, 0.29) is 17.7 Å². The molecule has 1 unspecified atom stereocenters. The molecule has 5 heteroatoms. The Labute approximate surface area is 129 Å². The smallest absolute Gasteiger partial charge is 0.252 e. The highest BCUT2D eigenvalue weighted by Crippen LogP contribution is 2.42. The molecule has 1 saturated heterocycles. The van der Waals surface area contributed by atoms with Gasteiger partial charge in [-0.15, -0.1) is 11.8 Å². The van der Waals surface area contributed by atoms with Crippen LogP contribution in [0.1, 0.15) is 26.2 Å². The topological polar surface area (TPSA) is 49.4 Å². The highest BCUT2D eigenvalue weighted by Gasteiger charge is 2.51. The Balaban J connectivity index is 2.01. The summed E-state index contributed by atoms with van der Waals surface area (Å²) in [7, 11) is 0. The number of hydrogen-bond acceptors (Lipinski definition) is 3. The Bertz CT molecular complexity index is 585. The fraction of sp³-hybridized carbons (Fsp3) is 0.500. The van der Waals surface area contributed by atoms with Crippen LogP contribution in [0.2, 0.25) is 0 Å². The molecule has 0 spiro atoms. The molecular weight excluding hydrogens is 284 g/mol. The fourth-order valence-corrected chi connectivity index (χ4v) is 3.62. The van der Waals surface area contributed by atoms with Crippen LogP contribution in [0.15, 0.2) is 29.2 Å². The summed E-state index contributed by atoms with van der Waals surface area (Å²) in [4.78, 5) is 27.9. The zero-order valence-corrected chi connectivity index (χ0v) is 13.2. The second-order valence-corrected chi connectivity index (χ2v) is 6.75. The average Bonchev–Trinajstić information content (AvgIpc) is 3.32. The molecule has 0 aromatic heterocycles. The zero-order valence-electron chi connectivity index (χ0n) is 12.4. The lowest BCUT2D eigenvalue weighted by Crippen LogP contribution is -2.57. The van der Waals surface area contributed by atoms with Gasteiger partial charge in [-0.05, 0) is 44.1 Å². The molecule has 1 aromatic carbocycles. The maximum absolute atomic E-state index is 13.1. The number of carbonyl (C=O) groups excluding carboxylic acids is 2. The summed E-state index contributed by atoms with van der Waals surface area (Å²) in [5, 5.41) is 2.97. The molecule has 1 aliphatic carbocycles. The molecule has 21 heavy (non-hydrogen) atoms. The Kier molecular flexibility index (Phi) is 3.69. The molecule has 112 valence electrons. The van der Waals surface area contributed by atoms with Crippen LogP contribution in [0.25, 0.3) is 0 Å². The summed E-state index contributed by atoms with van der Waals surface area (Å²) in [6.07, 6.45) is 4.39. The molecule has 4 nitrogen and oxygen atoms in total. The highest BCUT2D eigenvalue weighted by atomic mass is 32.2. The number of hydrogen-bond donors (Lipinski definition) is 1. The van der Waals surface area contributed by atoms with Crippen molar-refractivity contribution in [1.29, 1.82) is 0 Å². The number of amides is 2. The summed E-state index contributed by atoms with van der Waals surface area (Å²) in [6, 6.07) is 7.90. The van der Waals surface area contributed by atoms with Gasteiger partial charge in [0.1, 0.15) is 5.54 Å². The molecule has 1 atom stereocenters. The summed E-state index contributed by atoms with van der Waals surface area (Å²) in [6.45, 7) is 2.33. The van der Waals surface area contributed by atoms with Gasteiger partial charge < -0.3 is 10.2 Å². The summed E-state index contributed by atoms with van der Waals surface area (Å²) >= 11 is 1.62. The van der Waals surface area contributed by atoms with Crippen LogP contribution in [0.3, 0.4) is 0 Å². The Morgan fingerprint density at radius 3 is 2.67 bits per heavy atom. The molecule has 1 N–H and O–H groups in total. The lowest BCUT2D eigenvalue weighted by atomic mass is 9.94. The minimum Gasteiger partial charge on any atom is -0.342 e. The first kappa shape index (κ1) is 14.4. The predicted octanol–water partition coefficient (Wildman–Crippen LogP) is 2.43. The van der Waals surface area contributed by atoms with Crippen molar-refractivity contribution >= 4 is 29.3 Å². The largest absolute Gasteiger partial charge is 0.342 e. The van der Waals surface area contributed by atoms with E-state index in [1.165, 1.54) is 0 Å². The van der Waals surface area contributed by atoms with E-state index < -0.39 is 5.54 Å². The van der Waals surface area contributed by atoms with E-state index in [2.05, 4.69) is 5.32 Å². The van der Waals surface area contributed by atoms with Crippen LogP contribution in [0, 0.1) is 5.92 Å². The maximum Gasteiger partial charge on any atom is 0.252 e. The lowest BCUT2D eigenvalue weighted by Gasteiger charge is -2.33. The minimum atomic E-state index is -0.751. The van der Waals surface area contributed by atoms with E-state index in [4.69, 9.17) is 0 Å². The van der Waals surface area contributed by atoms with Crippen LogP contribution in [-0.2, 0) is 9.59 Å². The number of thioether (sulfide) groups is 1. The monoisotopic (exact) mass is 304 g/mol. The van der Waals surface area contributed by atoms with Crippen molar-refractivity contribution in [2.75, 3.05) is 17.7 Å². The van der Waals surface area contributed by atoms with E-state index in [1.807, 2.05) is 37.4 Å². The highest BCUT2D eigenvalue weighted by molar-refractivity contribution is 7.98. The van der Waals surface area contributed by atoms with Crippen molar-refractivity contribution in [3.63, 3.8) is 0 Å². The molecule has 1 aromatic rings. The van der Waals surface area contributed by atoms with Gasteiger partial charge in [0.2, 0.25) is 5.91 Å².